The highest BCUT2D eigenvalue weighted by molar-refractivity contribution is 7.99. The van der Waals surface area contributed by atoms with E-state index in [-0.39, 0.29) is 17.5 Å². The summed E-state index contributed by atoms with van der Waals surface area (Å²) in [7, 11) is 0. The maximum Gasteiger partial charge on any atom is 0.417 e. The van der Waals surface area contributed by atoms with Crippen LogP contribution in [0.4, 0.5) is 17.6 Å². The highest BCUT2D eigenvalue weighted by Crippen LogP contribution is 2.29. The minimum Gasteiger partial charge on any atom is -0.339 e. The fourth-order valence-electron chi connectivity index (χ4n) is 3.10. The molecule has 0 spiro atoms. The average molecular weight is 438 g/mol. The van der Waals surface area contributed by atoms with E-state index >= 15 is 0 Å². The normalized spacial score (nSPS) is 16.2. The summed E-state index contributed by atoms with van der Waals surface area (Å²) >= 11 is 1.08. The first kappa shape index (κ1) is 22.1. The topological polar surface area (TPSA) is 60.2 Å². The summed E-state index contributed by atoms with van der Waals surface area (Å²) < 4.78 is 50.8. The predicted octanol–water partition coefficient (Wildman–Crippen LogP) is 3.74. The molecule has 0 radical (unpaired) electrons. The number of pyridine rings is 1. The van der Waals surface area contributed by atoms with Crippen LogP contribution in [0.2, 0.25) is 0 Å². The molecule has 1 saturated heterocycles. The monoisotopic (exact) mass is 438 g/mol. The molecule has 1 aliphatic heterocycles. The minimum atomic E-state index is -4.44. The Morgan fingerprint density at radius 2 is 1.80 bits per heavy atom. The van der Waals surface area contributed by atoms with E-state index in [0.29, 0.717) is 36.8 Å². The largest absolute Gasteiger partial charge is 0.417 e. The average Bonchev–Trinajstić information content (AvgIpc) is 2.74. The molecule has 10 heteroatoms. The number of rotatable bonds is 5. The van der Waals surface area contributed by atoms with E-state index in [1.165, 1.54) is 18.2 Å². The molecule has 1 atom stereocenters. The molecule has 0 aliphatic carbocycles. The molecule has 158 valence electrons. The third kappa shape index (κ3) is 5.49. The van der Waals surface area contributed by atoms with Crippen molar-refractivity contribution >= 4 is 17.7 Å². The Kier molecular flexibility index (Phi) is 6.95. The fraction of sp³-hybridized carbons (Fsp3) is 0.350. The van der Waals surface area contributed by atoms with E-state index in [2.05, 4.69) is 11.1 Å². The van der Waals surface area contributed by atoms with Crippen molar-refractivity contribution in [2.45, 2.75) is 17.2 Å². The maximum absolute atomic E-state index is 13.1. The van der Waals surface area contributed by atoms with E-state index in [1.807, 2.05) is 4.90 Å². The van der Waals surface area contributed by atoms with Gasteiger partial charge in [0.25, 0.3) is 0 Å². The lowest BCUT2D eigenvalue weighted by Crippen LogP contribution is -2.50. The van der Waals surface area contributed by atoms with Gasteiger partial charge in [0.05, 0.1) is 22.4 Å². The van der Waals surface area contributed by atoms with Crippen molar-refractivity contribution in [2.75, 3.05) is 31.9 Å². The number of nitriles is 1. The molecule has 0 bridgehead atoms. The van der Waals surface area contributed by atoms with Crippen molar-refractivity contribution in [3.8, 4) is 6.07 Å². The van der Waals surface area contributed by atoms with Gasteiger partial charge in [0.2, 0.25) is 5.91 Å². The second-order valence-corrected chi connectivity index (χ2v) is 7.67. The van der Waals surface area contributed by atoms with Gasteiger partial charge in [0, 0.05) is 32.4 Å². The van der Waals surface area contributed by atoms with Crippen molar-refractivity contribution < 1.29 is 22.4 Å². The summed E-state index contributed by atoms with van der Waals surface area (Å²) in [6.07, 6.45) is -3.69. The second kappa shape index (κ2) is 9.45. The number of hydrogen-bond donors (Lipinski definition) is 0. The molecule has 2 aromatic rings. The summed E-state index contributed by atoms with van der Waals surface area (Å²) in [5, 5.41) is 9.85. The van der Waals surface area contributed by atoms with Crippen LogP contribution in [-0.2, 0) is 11.0 Å². The molecule has 1 fully saturated rings. The van der Waals surface area contributed by atoms with Gasteiger partial charge in [-0.3, -0.25) is 9.69 Å². The van der Waals surface area contributed by atoms with E-state index < -0.39 is 17.8 Å². The summed E-state index contributed by atoms with van der Waals surface area (Å²) in [5.74, 6) is -0.444. The van der Waals surface area contributed by atoms with Crippen molar-refractivity contribution in [2.24, 2.45) is 0 Å². The number of benzene rings is 1. The lowest BCUT2D eigenvalue weighted by atomic mass is 10.1. The predicted molar refractivity (Wildman–Crippen MR) is 103 cm³/mol. The molecule has 0 saturated carbocycles. The second-order valence-electron chi connectivity index (χ2n) is 6.67. The van der Waals surface area contributed by atoms with Crippen LogP contribution in [0.1, 0.15) is 17.2 Å². The van der Waals surface area contributed by atoms with Crippen LogP contribution >= 0.6 is 11.8 Å². The first-order valence-electron chi connectivity index (χ1n) is 9.11. The lowest BCUT2D eigenvalue weighted by Gasteiger charge is -2.37. The molecule has 1 amide bonds. The van der Waals surface area contributed by atoms with Crippen molar-refractivity contribution in [3.05, 3.63) is 59.5 Å². The number of thioether (sulfide) groups is 1. The van der Waals surface area contributed by atoms with E-state index in [0.717, 1.165) is 24.0 Å². The van der Waals surface area contributed by atoms with Crippen LogP contribution in [0.3, 0.4) is 0 Å². The van der Waals surface area contributed by atoms with Crippen LogP contribution in [-0.4, -0.2) is 52.6 Å². The van der Waals surface area contributed by atoms with Crippen molar-refractivity contribution in [1.82, 2.24) is 14.8 Å². The smallest absolute Gasteiger partial charge is 0.339 e. The molecule has 3 rings (SSSR count). The first-order valence-corrected chi connectivity index (χ1v) is 10.1. The third-order valence-electron chi connectivity index (χ3n) is 4.75. The molecule has 2 heterocycles. The van der Waals surface area contributed by atoms with Gasteiger partial charge in [-0.05, 0) is 29.8 Å². The Bertz CT molecular complexity index is 904. The van der Waals surface area contributed by atoms with E-state index in [9.17, 15) is 27.6 Å². The Labute approximate surface area is 175 Å². The molecular weight excluding hydrogens is 420 g/mol. The van der Waals surface area contributed by atoms with Gasteiger partial charge in [0.15, 0.2) is 0 Å². The Morgan fingerprint density at radius 1 is 1.13 bits per heavy atom. The Hall–Kier alpha value is -2.64. The highest BCUT2D eigenvalue weighted by Gasteiger charge is 2.31. The van der Waals surface area contributed by atoms with Gasteiger partial charge in [-0.1, -0.05) is 23.9 Å². The number of amides is 1. The van der Waals surface area contributed by atoms with Gasteiger partial charge in [-0.2, -0.15) is 18.4 Å². The Morgan fingerprint density at radius 3 is 2.33 bits per heavy atom. The van der Waals surface area contributed by atoms with Crippen molar-refractivity contribution in [1.29, 1.82) is 5.26 Å². The number of nitrogens with zero attached hydrogens (tertiary/aromatic N) is 4. The maximum atomic E-state index is 13.1. The summed E-state index contributed by atoms with van der Waals surface area (Å²) in [5.41, 5.74) is -0.134. The quantitative estimate of drug-likeness (QED) is 0.526. The third-order valence-corrected chi connectivity index (χ3v) is 5.68. The van der Waals surface area contributed by atoms with Crippen LogP contribution in [0.5, 0.6) is 0 Å². The van der Waals surface area contributed by atoms with E-state index in [1.54, 1.807) is 17.0 Å². The molecule has 1 aromatic carbocycles. The van der Waals surface area contributed by atoms with Crippen LogP contribution in [0.15, 0.2) is 47.6 Å². The van der Waals surface area contributed by atoms with Gasteiger partial charge >= 0.3 is 6.18 Å². The molecule has 1 aromatic heterocycles. The van der Waals surface area contributed by atoms with E-state index in [4.69, 9.17) is 0 Å². The molecule has 30 heavy (non-hydrogen) atoms. The van der Waals surface area contributed by atoms with Crippen molar-refractivity contribution in [3.63, 3.8) is 0 Å². The lowest BCUT2D eigenvalue weighted by molar-refractivity contribution is -0.138. The number of carbonyl (C=O) groups excluding carboxylic acids is 1. The zero-order valence-electron chi connectivity index (χ0n) is 15.8. The summed E-state index contributed by atoms with van der Waals surface area (Å²) in [6.45, 7) is 1.84. The number of piperazine rings is 1. The minimum absolute atomic E-state index is 0.0675. The van der Waals surface area contributed by atoms with Gasteiger partial charge in [0.1, 0.15) is 11.9 Å². The molecule has 5 nitrogen and oxygen atoms in total. The Balaban J connectivity index is 1.50. The highest BCUT2D eigenvalue weighted by atomic mass is 32.2. The number of alkyl halides is 3. The molecule has 0 N–H and O–H groups in total. The standard InChI is InChI=1S/C20H18F4N4OS/c21-16-4-1-14(2-5-16)17(11-25)27-7-9-28(10-8-27)19(29)13-30-18-6-3-15(12-26-18)20(22,23)24/h1-6,12,17H,7-10,13H2. The van der Waals surface area contributed by atoms with Gasteiger partial charge in [-0.15, -0.1) is 0 Å². The van der Waals surface area contributed by atoms with Crippen LogP contribution < -0.4 is 0 Å². The molecular formula is C20H18F4N4OS. The number of hydrogen-bond acceptors (Lipinski definition) is 5. The number of carbonyl (C=O) groups is 1. The SMILES string of the molecule is N#CC(c1ccc(F)cc1)N1CCN(C(=O)CSc2ccc(C(F)(F)F)cn2)CC1. The number of halogens is 4. The molecule has 1 aliphatic rings. The zero-order valence-corrected chi connectivity index (χ0v) is 16.6. The summed E-state index contributed by atoms with van der Waals surface area (Å²) in [6, 6.07) is 9.67. The van der Waals surface area contributed by atoms with Gasteiger partial charge < -0.3 is 4.90 Å². The number of aromatic nitrogens is 1. The first-order chi connectivity index (χ1) is 14.3. The molecule has 1 unspecified atom stereocenters. The zero-order chi connectivity index (χ0) is 21.7. The van der Waals surface area contributed by atoms with Crippen LogP contribution in [0.25, 0.3) is 0 Å². The van der Waals surface area contributed by atoms with Crippen LogP contribution in [0, 0.1) is 17.1 Å². The van der Waals surface area contributed by atoms with Gasteiger partial charge in [-0.25, -0.2) is 9.37 Å². The summed E-state index contributed by atoms with van der Waals surface area (Å²) in [4.78, 5) is 19.8. The fourth-order valence-corrected chi connectivity index (χ4v) is 3.85.